The second-order valence-electron chi connectivity index (χ2n) is 10.9. The largest absolute Gasteiger partial charge is 0.452 e. The van der Waals surface area contributed by atoms with E-state index >= 15 is 0 Å². The molecule has 12 nitrogen and oxygen atoms in total. The van der Waals surface area contributed by atoms with Crippen molar-refractivity contribution in [2.24, 2.45) is 0 Å². The van der Waals surface area contributed by atoms with Gasteiger partial charge in [0.25, 0.3) is 0 Å². The lowest BCUT2D eigenvalue weighted by Gasteiger charge is -2.52. The van der Waals surface area contributed by atoms with Crippen LogP contribution in [0.3, 0.4) is 0 Å². The van der Waals surface area contributed by atoms with Crippen LogP contribution in [0.15, 0.2) is 23.3 Å². The smallest absolute Gasteiger partial charge is 0.339 e. The van der Waals surface area contributed by atoms with E-state index in [1.807, 2.05) is 13.8 Å². The Bertz CT molecular complexity index is 1120. The highest BCUT2D eigenvalue weighted by molar-refractivity contribution is 6.03. The molecule has 40 heavy (non-hydrogen) atoms. The van der Waals surface area contributed by atoms with Crippen LogP contribution in [0.25, 0.3) is 0 Å². The molecule has 0 saturated carbocycles. The fourth-order valence-electron chi connectivity index (χ4n) is 6.00. The predicted octanol–water partition coefficient (Wildman–Crippen LogP) is 1.00. The standard InChI is InChI=1S/2C14H19NO5/c2*1-5-19-11-7-13(4)10(8(2)16)6-14(11,12(18)20-13)15-9(3)17/h2*6,11H,5,7H2,1-4H3,(H,15,17)/t2*11-,13-,14+/m00/s1. The fraction of sp³-hybridized carbons (Fsp3) is 0.643. The first-order chi connectivity index (χ1) is 18.5. The molecular formula is C28H38N2O10. The number of amides is 2. The molecule has 0 aromatic rings. The molecule has 4 heterocycles. The molecule has 2 amide bonds. The normalized spacial score (nSPS) is 35.3. The Kier molecular flexibility index (Phi) is 8.48. The van der Waals surface area contributed by atoms with Crippen molar-refractivity contribution < 1.29 is 47.7 Å². The minimum atomic E-state index is -1.40. The highest BCUT2D eigenvalue weighted by Gasteiger charge is 2.63. The second-order valence-corrected chi connectivity index (χ2v) is 10.9. The molecule has 4 aliphatic heterocycles. The summed E-state index contributed by atoms with van der Waals surface area (Å²) in [5, 5.41) is 5.20. The average molecular weight is 563 g/mol. The van der Waals surface area contributed by atoms with Gasteiger partial charge in [-0.15, -0.1) is 0 Å². The summed E-state index contributed by atoms with van der Waals surface area (Å²) in [7, 11) is 0. The number of carbonyl (C=O) groups excluding carboxylic acids is 6. The van der Waals surface area contributed by atoms with Crippen LogP contribution in [-0.4, -0.2) is 83.0 Å². The van der Waals surface area contributed by atoms with Gasteiger partial charge >= 0.3 is 11.9 Å². The molecule has 0 aromatic carbocycles. The lowest BCUT2D eigenvalue weighted by atomic mass is 9.69. The number of esters is 2. The van der Waals surface area contributed by atoms with Crippen molar-refractivity contribution in [2.75, 3.05) is 13.2 Å². The molecule has 6 rings (SSSR count). The molecule has 4 bridgehead atoms. The molecule has 0 radical (unpaired) electrons. The van der Waals surface area contributed by atoms with Gasteiger partial charge in [-0.2, -0.15) is 0 Å². The molecule has 220 valence electrons. The van der Waals surface area contributed by atoms with Gasteiger partial charge in [0.2, 0.25) is 11.8 Å². The lowest BCUT2D eigenvalue weighted by molar-refractivity contribution is -0.192. The molecule has 0 spiro atoms. The summed E-state index contributed by atoms with van der Waals surface area (Å²) in [6.45, 7) is 13.3. The average Bonchev–Trinajstić information content (AvgIpc) is 2.80. The fourth-order valence-corrected chi connectivity index (χ4v) is 6.00. The molecule has 0 aromatic heterocycles. The van der Waals surface area contributed by atoms with E-state index in [9.17, 15) is 28.8 Å². The minimum absolute atomic E-state index is 0.176. The summed E-state index contributed by atoms with van der Waals surface area (Å²) < 4.78 is 22.0. The Labute approximate surface area is 233 Å². The van der Waals surface area contributed by atoms with Crippen molar-refractivity contribution in [1.29, 1.82) is 0 Å². The zero-order valence-corrected chi connectivity index (χ0v) is 24.2. The summed E-state index contributed by atoms with van der Waals surface area (Å²) in [4.78, 5) is 71.1. The topological polar surface area (TPSA) is 163 Å². The van der Waals surface area contributed by atoms with Crippen LogP contribution in [0.1, 0.15) is 68.2 Å². The van der Waals surface area contributed by atoms with Gasteiger partial charge in [0.15, 0.2) is 22.6 Å². The first-order valence-corrected chi connectivity index (χ1v) is 13.3. The lowest BCUT2D eigenvalue weighted by Crippen LogP contribution is -2.71. The number of ether oxygens (including phenoxy) is 4. The summed E-state index contributed by atoms with van der Waals surface area (Å²) in [5.74, 6) is -2.27. The van der Waals surface area contributed by atoms with Gasteiger partial charge in [-0.05, 0) is 53.7 Å². The highest BCUT2D eigenvalue weighted by Crippen LogP contribution is 2.46. The van der Waals surface area contributed by atoms with E-state index < -0.39 is 46.4 Å². The molecule has 6 aliphatic rings. The molecule has 0 unspecified atom stereocenters. The Morgan fingerprint density at radius 2 is 1.07 bits per heavy atom. The molecule has 2 N–H and O–H groups in total. The van der Waals surface area contributed by atoms with Gasteiger partial charge in [0.05, 0.1) is 12.2 Å². The van der Waals surface area contributed by atoms with Crippen LogP contribution in [0, 0.1) is 0 Å². The number of hydrogen-bond acceptors (Lipinski definition) is 10. The SMILES string of the molecule is CCO[C@H]1C[C@]2(C)OC(=O)[C@@]1(NC(C)=O)C=C2C(C)=O.CCO[C@H]1C[C@]2(C)OC(=O)[C@@]1(NC(C)=O)C=C2C(C)=O. The minimum Gasteiger partial charge on any atom is -0.452 e. The van der Waals surface area contributed by atoms with Gasteiger partial charge < -0.3 is 29.6 Å². The first kappa shape index (κ1) is 31.2. The van der Waals surface area contributed by atoms with Crippen LogP contribution in [0.2, 0.25) is 0 Å². The number of nitrogens with one attached hydrogen (secondary N) is 2. The van der Waals surface area contributed by atoms with Crippen LogP contribution < -0.4 is 10.6 Å². The first-order valence-electron chi connectivity index (χ1n) is 13.3. The van der Waals surface area contributed by atoms with E-state index in [4.69, 9.17) is 18.9 Å². The number of rotatable bonds is 8. The Morgan fingerprint density at radius 3 is 1.32 bits per heavy atom. The van der Waals surface area contributed by atoms with Crippen LogP contribution in [0.4, 0.5) is 0 Å². The van der Waals surface area contributed by atoms with Crippen LogP contribution in [0.5, 0.6) is 0 Å². The molecule has 2 fully saturated rings. The number of carbonyl (C=O) groups is 6. The van der Waals surface area contributed by atoms with Crippen molar-refractivity contribution in [3.63, 3.8) is 0 Å². The summed E-state index contributed by atoms with van der Waals surface area (Å²) in [6.07, 6.45) is 2.63. The highest BCUT2D eigenvalue weighted by atomic mass is 16.6. The van der Waals surface area contributed by atoms with Gasteiger partial charge in [-0.25, -0.2) is 9.59 Å². The molecule has 12 heteroatoms. The van der Waals surface area contributed by atoms with Crippen molar-refractivity contribution >= 4 is 35.3 Å². The summed E-state index contributed by atoms with van der Waals surface area (Å²) in [6, 6.07) is 0. The molecule has 2 saturated heterocycles. The maximum Gasteiger partial charge on any atom is 0.339 e. The quantitative estimate of drug-likeness (QED) is 0.408. The third-order valence-electron chi connectivity index (χ3n) is 7.62. The Hall–Kier alpha value is -3.38. The van der Waals surface area contributed by atoms with Gasteiger partial charge in [-0.3, -0.25) is 19.2 Å². The number of Topliss-reactive ketones (excluding diaryl/α,β-unsaturated/α-hetero) is 2. The number of ketones is 2. The predicted molar refractivity (Wildman–Crippen MR) is 140 cm³/mol. The number of fused-ring (bicyclic) bond motifs is 4. The van der Waals surface area contributed by atoms with E-state index in [0.29, 0.717) is 37.2 Å². The number of hydrogen-bond donors (Lipinski definition) is 2. The maximum atomic E-state index is 12.3. The van der Waals surface area contributed by atoms with E-state index in [1.165, 1.54) is 39.8 Å². The summed E-state index contributed by atoms with van der Waals surface area (Å²) in [5.41, 5.74) is -3.96. The zero-order valence-electron chi connectivity index (χ0n) is 24.2. The van der Waals surface area contributed by atoms with E-state index in [2.05, 4.69) is 10.6 Å². The van der Waals surface area contributed by atoms with Crippen molar-refractivity contribution in [3.05, 3.63) is 23.3 Å². The van der Waals surface area contributed by atoms with Crippen LogP contribution >= 0.6 is 0 Å². The van der Waals surface area contributed by atoms with Crippen molar-refractivity contribution in [3.8, 4) is 0 Å². The molecule has 2 aliphatic carbocycles. The third kappa shape index (κ3) is 5.22. The van der Waals surface area contributed by atoms with E-state index in [1.54, 1.807) is 13.8 Å². The Balaban J connectivity index is 0.000000220. The second kappa shape index (κ2) is 10.9. The van der Waals surface area contributed by atoms with Crippen LogP contribution in [-0.2, 0) is 47.7 Å². The zero-order chi connectivity index (χ0) is 30.3. The maximum absolute atomic E-state index is 12.3. The molecule has 6 atom stereocenters. The van der Waals surface area contributed by atoms with E-state index in [-0.39, 0.29) is 23.4 Å². The van der Waals surface area contributed by atoms with Gasteiger partial charge in [0, 0.05) is 51.0 Å². The van der Waals surface area contributed by atoms with Crippen molar-refractivity contribution in [2.45, 2.75) is 103 Å². The third-order valence-corrected chi connectivity index (χ3v) is 7.62. The monoisotopic (exact) mass is 562 g/mol. The summed E-state index contributed by atoms with van der Waals surface area (Å²) >= 11 is 0. The van der Waals surface area contributed by atoms with Crippen molar-refractivity contribution in [1.82, 2.24) is 10.6 Å². The Morgan fingerprint density at radius 1 is 0.750 bits per heavy atom. The molecular weight excluding hydrogens is 524 g/mol. The van der Waals surface area contributed by atoms with Gasteiger partial charge in [-0.1, -0.05) is 0 Å². The van der Waals surface area contributed by atoms with Gasteiger partial charge in [0.1, 0.15) is 11.2 Å². The van der Waals surface area contributed by atoms with E-state index in [0.717, 1.165) is 0 Å².